The van der Waals surface area contributed by atoms with Gasteiger partial charge in [-0.1, -0.05) is 11.6 Å². The van der Waals surface area contributed by atoms with Gasteiger partial charge in [0.1, 0.15) is 0 Å². The fraction of sp³-hybridized carbons (Fsp3) is 0.538. The Labute approximate surface area is 87.6 Å². The van der Waals surface area contributed by atoms with Crippen molar-refractivity contribution in [3.8, 4) is 0 Å². The molecule has 0 fully saturated rings. The largest absolute Gasteiger partial charge is 0.386 e. The van der Waals surface area contributed by atoms with Crippen molar-refractivity contribution in [1.82, 2.24) is 5.32 Å². The lowest BCUT2D eigenvalue weighted by Crippen LogP contribution is -2.21. The van der Waals surface area contributed by atoms with Gasteiger partial charge in [0.2, 0.25) is 0 Å². The Bertz CT molecular complexity index is 303. The molecule has 0 saturated heterocycles. The predicted molar refractivity (Wildman–Crippen MR) is 63.1 cm³/mol. The number of hydrogen-bond acceptors (Lipinski definition) is 1. The van der Waals surface area contributed by atoms with Crippen LogP contribution in [0.1, 0.15) is 41.0 Å². The van der Waals surface area contributed by atoms with Crippen LogP contribution in [0.25, 0.3) is 0 Å². The summed E-state index contributed by atoms with van der Waals surface area (Å²) in [7, 11) is 0. The van der Waals surface area contributed by atoms with Gasteiger partial charge < -0.3 is 5.32 Å². The van der Waals surface area contributed by atoms with Crippen molar-refractivity contribution in [2.75, 3.05) is 0 Å². The Hall–Kier alpha value is -0.980. The standard InChI is InChI=1S/C13H21N/c1-9(2)14-13-7-6-10(3)12(5)11(4)8-13/h6,8-9,14H,7H2,1-5H3. The van der Waals surface area contributed by atoms with Gasteiger partial charge in [-0.15, -0.1) is 0 Å². The van der Waals surface area contributed by atoms with Gasteiger partial charge in [-0.25, -0.2) is 0 Å². The fourth-order valence-electron chi connectivity index (χ4n) is 1.63. The van der Waals surface area contributed by atoms with E-state index in [0.717, 1.165) is 6.42 Å². The van der Waals surface area contributed by atoms with Crippen LogP contribution in [-0.4, -0.2) is 6.04 Å². The van der Waals surface area contributed by atoms with Crippen LogP contribution < -0.4 is 5.32 Å². The molecule has 0 bridgehead atoms. The SMILES string of the molecule is CC1=CCC(NC(C)C)=CC(C)=C1C. The van der Waals surface area contributed by atoms with Gasteiger partial charge in [0, 0.05) is 18.2 Å². The zero-order valence-corrected chi connectivity index (χ0v) is 9.94. The second-order valence-electron chi connectivity index (χ2n) is 4.37. The lowest BCUT2D eigenvalue weighted by molar-refractivity contribution is 0.658. The van der Waals surface area contributed by atoms with E-state index < -0.39 is 0 Å². The van der Waals surface area contributed by atoms with Crippen LogP contribution in [0, 0.1) is 0 Å². The molecule has 0 aliphatic heterocycles. The Balaban J connectivity index is 2.89. The smallest absolute Gasteiger partial charge is 0.0201 e. The Morgan fingerprint density at radius 3 is 2.43 bits per heavy atom. The van der Waals surface area contributed by atoms with Crippen LogP contribution >= 0.6 is 0 Å². The number of nitrogens with one attached hydrogen (secondary N) is 1. The lowest BCUT2D eigenvalue weighted by Gasteiger charge is -2.12. The van der Waals surface area contributed by atoms with E-state index in [4.69, 9.17) is 0 Å². The van der Waals surface area contributed by atoms with Crippen LogP contribution in [0.2, 0.25) is 0 Å². The molecule has 0 amide bonds. The van der Waals surface area contributed by atoms with Crippen molar-refractivity contribution in [3.05, 3.63) is 34.6 Å². The first-order chi connectivity index (χ1) is 6.50. The molecule has 1 heteroatoms. The van der Waals surface area contributed by atoms with E-state index >= 15 is 0 Å². The minimum absolute atomic E-state index is 0.515. The maximum Gasteiger partial charge on any atom is 0.0201 e. The fourth-order valence-corrected chi connectivity index (χ4v) is 1.63. The molecule has 0 atom stereocenters. The Morgan fingerprint density at radius 1 is 1.21 bits per heavy atom. The van der Waals surface area contributed by atoms with Crippen molar-refractivity contribution >= 4 is 0 Å². The highest BCUT2D eigenvalue weighted by atomic mass is 14.9. The Kier molecular flexibility index (Phi) is 3.56. The third-order valence-corrected chi connectivity index (χ3v) is 2.68. The van der Waals surface area contributed by atoms with Gasteiger partial charge in [0.25, 0.3) is 0 Å². The summed E-state index contributed by atoms with van der Waals surface area (Å²) in [6, 6.07) is 0.515. The van der Waals surface area contributed by atoms with E-state index in [-0.39, 0.29) is 0 Å². The van der Waals surface area contributed by atoms with E-state index in [0.29, 0.717) is 6.04 Å². The van der Waals surface area contributed by atoms with Crippen molar-refractivity contribution in [2.24, 2.45) is 0 Å². The molecule has 1 nitrogen and oxygen atoms in total. The van der Waals surface area contributed by atoms with Crippen molar-refractivity contribution in [2.45, 2.75) is 47.1 Å². The van der Waals surface area contributed by atoms with Crippen molar-refractivity contribution in [1.29, 1.82) is 0 Å². The molecule has 14 heavy (non-hydrogen) atoms. The summed E-state index contributed by atoms with van der Waals surface area (Å²) in [5, 5.41) is 3.48. The third-order valence-electron chi connectivity index (χ3n) is 2.68. The average Bonchev–Trinajstić information content (AvgIpc) is 2.19. The van der Waals surface area contributed by atoms with E-state index in [1.165, 1.54) is 22.4 Å². The third kappa shape index (κ3) is 2.76. The summed E-state index contributed by atoms with van der Waals surface area (Å²) in [6.45, 7) is 10.9. The monoisotopic (exact) mass is 191 g/mol. The summed E-state index contributed by atoms with van der Waals surface area (Å²) in [6.07, 6.45) is 5.59. The van der Waals surface area contributed by atoms with Crippen molar-refractivity contribution < 1.29 is 0 Å². The zero-order valence-electron chi connectivity index (χ0n) is 9.94. The molecule has 0 aromatic rings. The molecule has 1 aliphatic rings. The molecule has 1 rings (SSSR count). The number of allylic oxidation sites excluding steroid dienone is 5. The second kappa shape index (κ2) is 4.50. The molecule has 0 saturated carbocycles. The van der Waals surface area contributed by atoms with Crippen molar-refractivity contribution in [3.63, 3.8) is 0 Å². The normalized spacial score (nSPS) is 17.9. The zero-order chi connectivity index (χ0) is 10.7. The quantitative estimate of drug-likeness (QED) is 0.703. The van der Waals surface area contributed by atoms with Crippen LogP contribution in [0.3, 0.4) is 0 Å². The first kappa shape index (κ1) is 11.1. The summed E-state index contributed by atoms with van der Waals surface area (Å²) in [4.78, 5) is 0. The van der Waals surface area contributed by atoms with Crippen LogP contribution in [-0.2, 0) is 0 Å². The highest BCUT2D eigenvalue weighted by Gasteiger charge is 2.05. The molecule has 1 aliphatic carbocycles. The topological polar surface area (TPSA) is 12.0 Å². The number of hydrogen-bond donors (Lipinski definition) is 1. The summed E-state index contributed by atoms with van der Waals surface area (Å²) in [5.41, 5.74) is 5.51. The second-order valence-corrected chi connectivity index (χ2v) is 4.37. The lowest BCUT2D eigenvalue weighted by atomic mass is 10.1. The van der Waals surface area contributed by atoms with Gasteiger partial charge in [-0.2, -0.15) is 0 Å². The first-order valence-electron chi connectivity index (χ1n) is 5.32. The van der Waals surface area contributed by atoms with Gasteiger partial charge >= 0.3 is 0 Å². The van der Waals surface area contributed by atoms with E-state index in [2.05, 4.69) is 52.1 Å². The molecule has 0 aromatic heterocycles. The summed E-state index contributed by atoms with van der Waals surface area (Å²) < 4.78 is 0. The maximum absolute atomic E-state index is 3.48. The molecular formula is C13H21N. The minimum Gasteiger partial charge on any atom is -0.386 e. The van der Waals surface area contributed by atoms with Crippen LogP contribution in [0.15, 0.2) is 34.6 Å². The minimum atomic E-state index is 0.515. The van der Waals surface area contributed by atoms with E-state index in [9.17, 15) is 0 Å². The first-order valence-corrected chi connectivity index (χ1v) is 5.32. The molecule has 0 heterocycles. The Morgan fingerprint density at radius 2 is 1.86 bits per heavy atom. The molecule has 1 N–H and O–H groups in total. The molecular weight excluding hydrogens is 170 g/mol. The highest BCUT2D eigenvalue weighted by Crippen LogP contribution is 2.21. The van der Waals surface area contributed by atoms with Gasteiger partial charge in [0.05, 0.1) is 0 Å². The molecule has 0 radical (unpaired) electrons. The number of rotatable bonds is 2. The summed E-state index contributed by atoms with van der Waals surface area (Å²) in [5.74, 6) is 0. The maximum atomic E-state index is 3.48. The summed E-state index contributed by atoms with van der Waals surface area (Å²) >= 11 is 0. The highest BCUT2D eigenvalue weighted by molar-refractivity contribution is 5.41. The van der Waals surface area contributed by atoms with Gasteiger partial charge in [-0.05, 0) is 51.8 Å². The predicted octanol–water partition coefficient (Wildman–Crippen LogP) is 3.55. The van der Waals surface area contributed by atoms with Gasteiger partial charge in [0.15, 0.2) is 0 Å². The van der Waals surface area contributed by atoms with E-state index in [1.807, 2.05) is 0 Å². The van der Waals surface area contributed by atoms with Crippen LogP contribution in [0.4, 0.5) is 0 Å². The molecule has 0 spiro atoms. The van der Waals surface area contributed by atoms with Crippen LogP contribution in [0.5, 0.6) is 0 Å². The molecule has 0 aromatic carbocycles. The molecule has 78 valence electrons. The molecule has 0 unspecified atom stereocenters. The van der Waals surface area contributed by atoms with Gasteiger partial charge in [-0.3, -0.25) is 0 Å². The average molecular weight is 191 g/mol. The van der Waals surface area contributed by atoms with E-state index in [1.54, 1.807) is 0 Å².